The van der Waals surface area contributed by atoms with Crippen LogP contribution in [0, 0.1) is 32.4 Å². The Hall–Kier alpha value is -2.82. The Kier molecular flexibility index (Phi) is 4.98. The van der Waals surface area contributed by atoms with Gasteiger partial charge in [-0.1, -0.05) is 23.8 Å². The molecule has 3 nitrogen and oxygen atoms in total. The second-order valence-electron chi connectivity index (χ2n) is 6.57. The summed E-state index contributed by atoms with van der Waals surface area (Å²) in [4.78, 5) is 12.2. The molecule has 0 saturated heterocycles. The lowest BCUT2D eigenvalue weighted by Gasteiger charge is -2.13. The van der Waals surface area contributed by atoms with Gasteiger partial charge in [-0.2, -0.15) is 5.10 Å². The minimum absolute atomic E-state index is 0.00928. The van der Waals surface area contributed by atoms with Crippen LogP contribution in [-0.4, -0.2) is 9.78 Å². The van der Waals surface area contributed by atoms with E-state index in [0.717, 1.165) is 22.3 Å². The highest BCUT2D eigenvalue weighted by Gasteiger charge is 2.12. The number of hydrogen-bond acceptors (Lipinski definition) is 2. The average molecular weight is 354 g/mol. The van der Waals surface area contributed by atoms with Gasteiger partial charge in [0.15, 0.2) is 0 Å². The molecule has 1 heterocycles. The lowest BCUT2D eigenvalue weighted by atomic mass is 10.00. The van der Waals surface area contributed by atoms with Gasteiger partial charge >= 0.3 is 0 Å². The van der Waals surface area contributed by atoms with E-state index in [1.54, 1.807) is 0 Å². The van der Waals surface area contributed by atoms with Gasteiger partial charge in [0.25, 0.3) is 5.56 Å². The van der Waals surface area contributed by atoms with Gasteiger partial charge in [0, 0.05) is 18.1 Å². The minimum atomic E-state index is -0.616. The van der Waals surface area contributed by atoms with Gasteiger partial charge in [-0.15, -0.1) is 0 Å². The Labute approximate surface area is 150 Å². The maximum Gasteiger partial charge on any atom is 0.267 e. The lowest BCUT2D eigenvalue weighted by Crippen LogP contribution is -2.24. The van der Waals surface area contributed by atoms with Gasteiger partial charge < -0.3 is 0 Å². The number of hydrogen-bond donors (Lipinski definition) is 0. The highest BCUT2D eigenvalue weighted by atomic mass is 19.1. The predicted octanol–water partition coefficient (Wildman–Crippen LogP) is 4.09. The molecule has 0 aliphatic rings. The van der Waals surface area contributed by atoms with Crippen LogP contribution >= 0.6 is 0 Å². The van der Waals surface area contributed by atoms with Crippen molar-refractivity contribution in [3.8, 4) is 0 Å². The highest BCUT2D eigenvalue weighted by molar-refractivity contribution is 5.37. The van der Waals surface area contributed by atoms with Crippen LogP contribution in [-0.2, 0) is 13.0 Å². The van der Waals surface area contributed by atoms with Crippen molar-refractivity contribution in [1.82, 2.24) is 9.78 Å². The third kappa shape index (κ3) is 3.72. The van der Waals surface area contributed by atoms with Crippen LogP contribution in [0.2, 0.25) is 0 Å². The largest absolute Gasteiger partial charge is 0.268 e. The third-order valence-electron chi connectivity index (χ3n) is 4.49. The maximum atomic E-state index is 13.9. The van der Waals surface area contributed by atoms with E-state index in [0.29, 0.717) is 12.2 Å². The van der Waals surface area contributed by atoms with Gasteiger partial charge in [-0.05, 0) is 55.7 Å². The number of aromatic nitrogens is 2. The maximum absolute atomic E-state index is 13.9. The fourth-order valence-electron chi connectivity index (χ4n) is 3.19. The fourth-order valence-corrected chi connectivity index (χ4v) is 3.19. The Morgan fingerprint density at radius 1 is 0.923 bits per heavy atom. The zero-order valence-corrected chi connectivity index (χ0v) is 15.0. The first-order chi connectivity index (χ1) is 12.3. The molecule has 0 aliphatic carbocycles. The number of aryl methyl sites for hydroxylation is 3. The summed E-state index contributed by atoms with van der Waals surface area (Å²) >= 11 is 0. The molecule has 134 valence electrons. The van der Waals surface area contributed by atoms with E-state index in [4.69, 9.17) is 0 Å². The molecule has 3 aromatic rings. The number of rotatable bonds is 4. The number of nitrogens with zero attached hydrogens (tertiary/aromatic N) is 2. The Balaban J connectivity index is 1.95. The molecule has 0 aliphatic heterocycles. The topological polar surface area (TPSA) is 34.9 Å². The van der Waals surface area contributed by atoms with Crippen LogP contribution in [0.25, 0.3) is 0 Å². The summed E-state index contributed by atoms with van der Waals surface area (Å²) in [7, 11) is 0. The molecule has 0 N–H and O–H groups in total. The van der Waals surface area contributed by atoms with Crippen LogP contribution in [0.3, 0.4) is 0 Å². The van der Waals surface area contributed by atoms with E-state index in [1.807, 2.05) is 20.8 Å². The molecule has 0 spiro atoms. The first kappa shape index (κ1) is 18.0. The van der Waals surface area contributed by atoms with Gasteiger partial charge in [0.2, 0.25) is 0 Å². The second-order valence-corrected chi connectivity index (χ2v) is 6.57. The molecule has 0 fully saturated rings. The SMILES string of the molecule is Cc1cc(C)c(Cn2nc(Cc3c(F)cccc3F)ccc2=O)c(C)c1. The van der Waals surface area contributed by atoms with Crippen molar-refractivity contribution < 1.29 is 8.78 Å². The van der Waals surface area contributed by atoms with Crippen LogP contribution in [0.1, 0.15) is 33.5 Å². The molecular weight excluding hydrogens is 334 g/mol. The molecule has 3 rings (SSSR count). The van der Waals surface area contributed by atoms with E-state index in [1.165, 1.54) is 35.0 Å². The summed E-state index contributed by atoms with van der Waals surface area (Å²) in [5, 5.41) is 4.32. The van der Waals surface area contributed by atoms with Crippen LogP contribution in [0.15, 0.2) is 47.3 Å². The lowest BCUT2D eigenvalue weighted by molar-refractivity contribution is 0.555. The van der Waals surface area contributed by atoms with Gasteiger partial charge in [0.1, 0.15) is 11.6 Å². The quantitative estimate of drug-likeness (QED) is 0.707. The summed E-state index contributed by atoms with van der Waals surface area (Å²) < 4.78 is 29.1. The smallest absolute Gasteiger partial charge is 0.267 e. The molecule has 1 aromatic heterocycles. The normalized spacial score (nSPS) is 11.0. The number of benzene rings is 2. The van der Waals surface area contributed by atoms with Crippen molar-refractivity contribution in [2.24, 2.45) is 0 Å². The Morgan fingerprint density at radius 2 is 1.54 bits per heavy atom. The first-order valence-corrected chi connectivity index (χ1v) is 8.42. The van der Waals surface area contributed by atoms with Crippen molar-refractivity contribution >= 4 is 0 Å². The van der Waals surface area contributed by atoms with Crippen molar-refractivity contribution in [2.75, 3.05) is 0 Å². The summed E-state index contributed by atoms with van der Waals surface area (Å²) in [5.41, 5.74) is 4.50. The van der Waals surface area contributed by atoms with Gasteiger partial charge in [0.05, 0.1) is 12.2 Å². The van der Waals surface area contributed by atoms with Crippen LogP contribution < -0.4 is 5.56 Å². The fraction of sp³-hybridized carbons (Fsp3) is 0.238. The molecule has 0 unspecified atom stereocenters. The summed E-state index contributed by atoms with van der Waals surface area (Å²) in [6.07, 6.45) is -0.00928. The minimum Gasteiger partial charge on any atom is -0.268 e. The molecule has 0 amide bonds. The Bertz CT molecular complexity index is 982. The molecular formula is C21H20F2N2O. The molecule has 5 heteroatoms. The van der Waals surface area contributed by atoms with E-state index in [2.05, 4.69) is 17.2 Å². The second kappa shape index (κ2) is 7.20. The molecule has 2 aromatic carbocycles. The van der Waals surface area contributed by atoms with Gasteiger partial charge in [-0.3, -0.25) is 4.79 Å². The van der Waals surface area contributed by atoms with Crippen molar-refractivity contribution in [1.29, 1.82) is 0 Å². The summed E-state index contributed by atoms with van der Waals surface area (Å²) in [6.45, 7) is 6.35. The monoisotopic (exact) mass is 354 g/mol. The van der Waals surface area contributed by atoms with E-state index in [-0.39, 0.29) is 17.5 Å². The molecule has 0 radical (unpaired) electrons. The molecule has 26 heavy (non-hydrogen) atoms. The predicted molar refractivity (Wildman–Crippen MR) is 97.4 cm³/mol. The van der Waals surface area contributed by atoms with Crippen molar-refractivity contribution in [3.63, 3.8) is 0 Å². The number of halogens is 2. The zero-order chi connectivity index (χ0) is 18.8. The van der Waals surface area contributed by atoms with Crippen LogP contribution in [0.5, 0.6) is 0 Å². The van der Waals surface area contributed by atoms with E-state index in [9.17, 15) is 13.6 Å². The van der Waals surface area contributed by atoms with E-state index >= 15 is 0 Å². The third-order valence-corrected chi connectivity index (χ3v) is 4.49. The van der Waals surface area contributed by atoms with Crippen LogP contribution in [0.4, 0.5) is 8.78 Å². The van der Waals surface area contributed by atoms with Crippen molar-refractivity contribution in [3.05, 3.63) is 98.0 Å². The van der Waals surface area contributed by atoms with E-state index < -0.39 is 11.6 Å². The first-order valence-electron chi connectivity index (χ1n) is 8.42. The molecule has 0 bridgehead atoms. The molecule has 0 atom stereocenters. The molecule has 0 saturated carbocycles. The zero-order valence-electron chi connectivity index (χ0n) is 15.0. The summed E-state index contributed by atoms with van der Waals surface area (Å²) in [5.74, 6) is -1.23. The highest BCUT2D eigenvalue weighted by Crippen LogP contribution is 2.18. The van der Waals surface area contributed by atoms with Gasteiger partial charge in [-0.25, -0.2) is 13.5 Å². The summed E-state index contributed by atoms with van der Waals surface area (Å²) in [6, 6.07) is 10.8. The van der Waals surface area contributed by atoms with Crippen molar-refractivity contribution in [2.45, 2.75) is 33.7 Å². The average Bonchev–Trinajstić information content (AvgIpc) is 2.57. The standard InChI is InChI=1S/C21H20F2N2O/c1-13-9-14(2)18(15(3)10-13)12-25-21(26)8-7-16(24-25)11-17-19(22)5-4-6-20(17)23/h4-10H,11-12H2,1-3H3. The Morgan fingerprint density at radius 3 is 2.15 bits per heavy atom.